The average Bonchev–Trinajstić information content (AvgIpc) is 3.71. The number of fused-ring (bicyclic) bond motifs is 5. The summed E-state index contributed by atoms with van der Waals surface area (Å²) in [5.74, 6) is -1.45. The number of hydrogen-bond donors (Lipinski definition) is 3. The number of halogens is 1. The van der Waals surface area contributed by atoms with Crippen LogP contribution in [0.3, 0.4) is 0 Å². The van der Waals surface area contributed by atoms with Gasteiger partial charge in [0.1, 0.15) is 23.2 Å². The third-order valence-corrected chi connectivity index (χ3v) is 9.50. The molecule has 39 heavy (non-hydrogen) atoms. The lowest BCUT2D eigenvalue weighted by Gasteiger charge is -2.32. The topological polar surface area (TPSA) is 114 Å². The fraction of sp³-hybridized carbons (Fsp3) is 0.448. The van der Waals surface area contributed by atoms with Crippen molar-refractivity contribution in [1.82, 2.24) is 14.9 Å². The van der Waals surface area contributed by atoms with E-state index >= 15 is 4.39 Å². The van der Waals surface area contributed by atoms with E-state index < -0.39 is 29.6 Å². The number of aryl methyl sites for hydroxylation is 1. The molecule has 0 bridgehead atoms. The number of aliphatic hydroxyl groups is 2. The van der Waals surface area contributed by atoms with Crippen molar-refractivity contribution in [2.75, 3.05) is 0 Å². The lowest BCUT2D eigenvalue weighted by Crippen LogP contribution is -2.41. The van der Waals surface area contributed by atoms with Crippen molar-refractivity contribution in [3.63, 3.8) is 0 Å². The zero-order valence-corrected chi connectivity index (χ0v) is 22.5. The highest BCUT2D eigenvalue weighted by Gasteiger charge is 2.45. The predicted octanol–water partition coefficient (Wildman–Crippen LogP) is 3.77. The molecule has 3 aromatic rings. The van der Waals surface area contributed by atoms with Crippen molar-refractivity contribution in [2.24, 2.45) is 5.92 Å². The lowest BCUT2D eigenvalue weighted by molar-refractivity contribution is -0.172. The molecule has 2 aliphatic heterocycles. The van der Waals surface area contributed by atoms with Crippen LogP contribution in [0.2, 0.25) is 0 Å². The molecule has 2 aliphatic carbocycles. The molecule has 0 unspecified atom stereocenters. The van der Waals surface area contributed by atoms with Gasteiger partial charge >= 0.3 is 5.97 Å². The third kappa shape index (κ3) is 3.41. The molecule has 8 nitrogen and oxygen atoms in total. The molecule has 1 fully saturated rings. The Kier molecular flexibility index (Phi) is 5.34. The van der Waals surface area contributed by atoms with Gasteiger partial charge in [-0.15, -0.1) is 0 Å². The van der Waals surface area contributed by atoms with E-state index in [1.807, 2.05) is 4.57 Å². The van der Waals surface area contributed by atoms with Crippen LogP contribution in [0.5, 0.6) is 0 Å². The summed E-state index contributed by atoms with van der Waals surface area (Å²) in [5, 5.41) is 25.7. The Morgan fingerprint density at radius 2 is 2.08 bits per heavy atom. The third-order valence-electron chi connectivity index (χ3n) is 9.03. The van der Waals surface area contributed by atoms with Gasteiger partial charge in [0.2, 0.25) is 5.91 Å². The summed E-state index contributed by atoms with van der Waals surface area (Å²) in [4.78, 5) is 30.5. The highest BCUT2D eigenvalue weighted by molar-refractivity contribution is 7.71. The molecule has 0 radical (unpaired) electrons. The Hall–Kier alpha value is -3.21. The number of nitrogens with one attached hydrogen (secondary N) is 1. The van der Waals surface area contributed by atoms with Crippen molar-refractivity contribution in [2.45, 2.75) is 76.9 Å². The highest BCUT2D eigenvalue weighted by atomic mass is 32.1. The maximum atomic E-state index is 15.0. The molecule has 3 atom stereocenters. The standard InChI is InChI=1S/C29H28FN3O5S/c1-3-29(37)17-8-21-24-15(10-33(21)27(39)16(17)11-38-28(29)36)23-19(32-26(35)25(34)13-4-5-13)7-6-14-12(2)18(30)9-20(31-24)22(14)23/h8-9,13,19,25,34,37H,3-7,10-11H2,1-2H3,(H,32,35)/t19-,25+,29+/m1/s1. The fourth-order valence-corrected chi connectivity index (χ4v) is 6.91. The number of rotatable bonds is 4. The number of benzene rings is 1. The number of aromatic nitrogens is 2. The van der Waals surface area contributed by atoms with Crippen LogP contribution in [0.4, 0.5) is 4.39 Å². The first kappa shape index (κ1) is 24.8. The zero-order chi connectivity index (χ0) is 27.4. The molecule has 4 heterocycles. The van der Waals surface area contributed by atoms with Gasteiger partial charge in [0.15, 0.2) is 5.60 Å². The van der Waals surface area contributed by atoms with Crippen molar-refractivity contribution < 1.29 is 28.9 Å². The first-order chi connectivity index (χ1) is 18.6. The number of esters is 1. The summed E-state index contributed by atoms with van der Waals surface area (Å²) in [6.07, 6.45) is 1.87. The van der Waals surface area contributed by atoms with Crippen LogP contribution >= 0.6 is 12.2 Å². The van der Waals surface area contributed by atoms with E-state index in [1.54, 1.807) is 19.9 Å². The van der Waals surface area contributed by atoms with Crippen molar-refractivity contribution in [3.8, 4) is 11.4 Å². The van der Waals surface area contributed by atoms with Gasteiger partial charge in [-0.1, -0.05) is 19.1 Å². The van der Waals surface area contributed by atoms with Crippen LogP contribution in [0.15, 0.2) is 12.1 Å². The molecule has 3 N–H and O–H groups in total. The smallest absolute Gasteiger partial charge is 0.343 e. The molecule has 1 saturated carbocycles. The number of hydrogen-bond acceptors (Lipinski definition) is 7. The normalized spacial score (nSPS) is 23.6. The molecule has 0 saturated heterocycles. The monoisotopic (exact) mass is 549 g/mol. The van der Waals surface area contributed by atoms with Crippen LogP contribution in [0, 0.1) is 23.3 Å². The molecule has 202 valence electrons. The molecule has 10 heteroatoms. The van der Waals surface area contributed by atoms with Crippen LogP contribution in [-0.2, 0) is 39.5 Å². The van der Waals surface area contributed by atoms with Gasteiger partial charge in [0.05, 0.1) is 29.5 Å². The van der Waals surface area contributed by atoms with Gasteiger partial charge in [-0.2, -0.15) is 0 Å². The van der Waals surface area contributed by atoms with E-state index in [4.69, 9.17) is 21.9 Å². The maximum Gasteiger partial charge on any atom is 0.343 e. The number of ether oxygens (including phenoxy) is 1. The van der Waals surface area contributed by atoms with Gasteiger partial charge in [0, 0.05) is 28.1 Å². The lowest BCUT2D eigenvalue weighted by atomic mass is 9.81. The summed E-state index contributed by atoms with van der Waals surface area (Å²) in [6.45, 7) is 3.82. The summed E-state index contributed by atoms with van der Waals surface area (Å²) < 4.78 is 22.7. The number of carbonyl (C=O) groups excluding carboxylic acids is 2. The van der Waals surface area contributed by atoms with Crippen molar-refractivity contribution in [3.05, 3.63) is 56.0 Å². The van der Waals surface area contributed by atoms with Crippen LogP contribution in [-0.4, -0.2) is 37.7 Å². The number of amides is 1. The second-order valence-electron chi connectivity index (χ2n) is 11.2. The second-order valence-corrected chi connectivity index (χ2v) is 11.6. The van der Waals surface area contributed by atoms with Crippen LogP contribution in [0.25, 0.3) is 22.3 Å². The molecular formula is C29H28FN3O5S. The number of aliphatic hydroxyl groups excluding tert-OH is 1. The molecule has 2 aromatic heterocycles. The second kappa shape index (κ2) is 8.39. The zero-order valence-electron chi connectivity index (χ0n) is 21.6. The highest BCUT2D eigenvalue weighted by Crippen LogP contribution is 2.47. The molecule has 7 rings (SSSR count). The number of cyclic esters (lactones) is 1. The van der Waals surface area contributed by atoms with Gasteiger partial charge in [-0.3, -0.25) is 4.79 Å². The molecule has 0 spiro atoms. The summed E-state index contributed by atoms with van der Waals surface area (Å²) in [6, 6.07) is 2.79. The molecule has 1 aromatic carbocycles. The number of pyridine rings is 2. The Morgan fingerprint density at radius 3 is 2.79 bits per heavy atom. The first-order valence-corrected chi connectivity index (χ1v) is 13.8. The minimum absolute atomic E-state index is 0.00321. The first-order valence-electron chi connectivity index (χ1n) is 13.4. The molecule has 1 amide bonds. The van der Waals surface area contributed by atoms with Crippen LogP contribution in [0.1, 0.15) is 72.0 Å². The largest absolute Gasteiger partial charge is 0.458 e. The van der Waals surface area contributed by atoms with Gasteiger partial charge in [-0.05, 0) is 67.7 Å². The van der Waals surface area contributed by atoms with E-state index in [2.05, 4.69) is 5.32 Å². The van der Waals surface area contributed by atoms with Gasteiger partial charge < -0.3 is 24.8 Å². The SMILES string of the molecule is CC[C@@]1(O)C(=O)OCc2c1cc1n(c2=S)Cc2c-1nc1cc(F)c(C)c3c1c2[C@H](NC(=O)[C@@H](O)C1CC1)CC3. The van der Waals surface area contributed by atoms with E-state index in [1.165, 1.54) is 6.07 Å². The maximum absolute atomic E-state index is 15.0. The minimum atomic E-state index is -1.82. The minimum Gasteiger partial charge on any atom is -0.458 e. The summed E-state index contributed by atoms with van der Waals surface area (Å²) in [7, 11) is 0. The van der Waals surface area contributed by atoms with Gasteiger partial charge in [0.25, 0.3) is 0 Å². The average molecular weight is 550 g/mol. The Bertz CT molecular complexity index is 1700. The quantitative estimate of drug-likeness (QED) is 0.262. The van der Waals surface area contributed by atoms with Crippen molar-refractivity contribution >= 4 is 35.0 Å². The van der Waals surface area contributed by atoms with Crippen molar-refractivity contribution in [1.29, 1.82) is 0 Å². The van der Waals surface area contributed by atoms with E-state index in [0.717, 1.165) is 34.9 Å². The Morgan fingerprint density at radius 1 is 1.31 bits per heavy atom. The summed E-state index contributed by atoms with van der Waals surface area (Å²) in [5.41, 5.74) is 4.04. The Balaban J connectivity index is 1.46. The fourth-order valence-electron chi connectivity index (χ4n) is 6.58. The Labute approximate surface area is 228 Å². The van der Waals surface area contributed by atoms with E-state index in [-0.39, 0.29) is 24.8 Å². The van der Waals surface area contributed by atoms with Gasteiger partial charge in [-0.25, -0.2) is 14.2 Å². The van der Waals surface area contributed by atoms with Crippen LogP contribution < -0.4 is 5.32 Å². The molecule has 4 aliphatic rings. The predicted molar refractivity (Wildman–Crippen MR) is 142 cm³/mol. The van der Waals surface area contributed by atoms with E-state index in [9.17, 15) is 19.8 Å². The molecular weight excluding hydrogens is 521 g/mol. The number of carbonyl (C=O) groups is 2. The summed E-state index contributed by atoms with van der Waals surface area (Å²) >= 11 is 5.85. The number of nitrogens with zero attached hydrogens (tertiary/aromatic N) is 2. The van der Waals surface area contributed by atoms with E-state index in [0.29, 0.717) is 57.6 Å².